The average Bonchev–Trinajstić information content (AvgIpc) is 2.97. The smallest absolute Gasteiger partial charge is 0.315 e. The molecule has 2 aliphatic rings. The van der Waals surface area contributed by atoms with Crippen LogP contribution in [0.3, 0.4) is 0 Å². The van der Waals surface area contributed by atoms with Gasteiger partial charge in [0.05, 0.1) is 18.8 Å². The number of nitrogens with zero attached hydrogens (tertiary/aromatic N) is 3. The van der Waals surface area contributed by atoms with Crippen LogP contribution in [0.2, 0.25) is 0 Å². The van der Waals surface area contributed by atoms with Crippen molar-refractivity contribution in [2.24, 2.45) is 0 Å². The number of hydrogen-bond acceptors (Lipinski definition) is 6. The fourth-order valence-electron chi connectivity index (χ4n) is 3.42. The Bertz CT molecular complexity index is 608. The molecule has 24 heavy (non-hydrogen) atoms. The Balaban J connectivity index is 1.64. The van der Waals surface area contributed by atoms with E-state index in [0.29, 0.717) is 6.61 Å². The summed E-state index contributed by atoms with van der Waals surface area (Å²) in [7, 11) is 0. The monoisotopic (exact) mass is 351 g/mol. The summed E-state index contributed by atoms with van der Waals surface area (Å²) in [5.74, 6) is -0.171. The Kier molecular flexibility index (Phi) is 5.50. The topological polar surface area (TPSA) is 62.7 Å². The van der Waals surface area contributed by atoms with E-state index in [4.69, 9.17) is 9.72 Å². The fraction of sp³-hybridized carbons (Fsp3) is 0.706. The van der Waals surface area contributed by atoms with Gasteiger partial charge in [0.1, 0.15) is 10.9 Å². The van der Waals surface area contributed by atoms with Gasteiger partial charge >= 0.3 is 5.97 Å². The Morgan fingerprint density at radius 1 is 1.29 bits per heavy atom. The van der Waals surface area contributed by atoms with E-state index < -0.39 is 0 Å². The van der Waals surface area contributed by atoms with Crippen molar-refractivity contribution in [1.29, 1.82) is 0 Å². The molecule has 0 aromatic carbocycles. The number of amides is 1. The van der Waals surface area contributed by atoms with E-state index in [1.54, 1.807) is 18.3 Å². The van der Waals surface area contributed by atoms with E-state index in [1.807, 2.05) is 11.8 Å². The molecular formula is C17H25N3O3S. The summed E-state index contributed by atoms with van der Waals surface area (Å²) in [6.45, 7) is 8.02. The summed E-state index contributed by atoms with van der Waals surface area (Å²) in [6.07, 6.45) is 2.88. The first-order valence-corrected chi connectivity index (χ1v) is 9.53. The van der Waals surface area contributed by atoms with Crippen LogP contribution >= 0.6 is 11.3 Å². The van der Waals surface area contributed by atoms with Gasteiger partial charge in [-0.05, 0) is 26.2 Å². The molecule has 1 unspecified atom stereocenters. The molecule has 1 saturated heterocycles. The molecule has 1 fully saturated rings. The minimum absolute atomic E-state index is 0.134. The van der Waals surface area contributed by atoms with E-state index in [9.17, 15) is 9.59 Å². The van der Waals surface area contributed by atoms with Gasteiger partial charge in [-0.25, -0.2) is 4.98 Å². The van der Waals surface area contributed by atoms with Crippen LogP contribution < -0.4 is 0 Å². The van der Waals surface area contributed by atoms with Gasteiger partial charge in [-0.3, -0.25) is 14.5 Å². The first-order valence-electron chi connectivity index (χ1n) is 8.71. The largest absolute Gasteiger partial charge is 0.465 e. The molecule has 1 aromatic rings. The second-order valence-electron chi connectivity index (χ2n) is 6.40. The molecule has 0 bridgehead atoms. The van der Waals surface area contributed by atoms with Crippen molar-refractivity contribution in [3.8, 4) is 0 Å². The molecule has 3 rings (SSSR count). The average molecular weight is 351 g/mol. The predicted molar refractivity (Wildman–Crippen MR) is 92.0 cm³/mol. The van der Waals surface area contributed by atoms with Crippen molar-refractivity contribution in [2.75, 3.05) is 32.8 Å². The molecule has 6 nitrogen and oxygen atoms in total. The number of esters is 1. The normalized spacial score (nSPS) is 21.4. The predicted octanol–water partition coefficient (Wildman–Crippen LogP) is 1.79. The highest BCUT2D eigenvalue weighted by atomic mass is 32.1. The third-order valence-electron chi connectivity index (χ3n) is 4.75. The number of aromatic nitrogens is 1. The molecule has 1 aromatic heterocycles. The lowest BCUT2D eigenvalue weighted by Gasteiger charge is -2.33. The summed E-state index contributed by atoms with van der Waals surface area (Å²) in [5.41, 5.74) is 0.946. The zero-order valence-electron chi connectivity index (χ0n) is 14.4. The van der Waals surface area contributed by atoms with Crippen LogP contribution in [0.25, 0.3) is 0 Å². The number of carbonyl (C=O) groups is 2. The number of ether oxygens (including phenoxy) is 1. The summed E-state index contributed by atoms with van der Waals surface area (Å²) >= 11 is 1.73. The van der Waals surface area contributed by atoms with Gasteiger partial charge in [0, 0.05) is 38.0 Å². The minimum atomic E-state index is -0.187. The van der Waals surface area contributed by atoms with Crippen LogP contribution in [0, 0.1) is 0 Å². The molecule has 1 aliphatic heterocycles. The van der Waals surface area contributed by atoms with Crippen LogP contribution in [0.15, 0.2) is 0 Å². The molecule has 1 amide bonds. The maximum absolute atomic E-state index is 12.2. The van der Waals surface area contributed by atoms with Gasteiger partial charge in [-0.2, -0.15) is 0 Å². The number of carbonyl (C=O) groups excluding carboxylic acids is 2. The van der Waals surface area contributed by atoms with Crippen molar-refractivity contribution in [1.82, 2.24) is 14.8 Å². The lowest BCUT2D eigenvalue weighted by atomic mass is 9.91. The Morgan fingerprint density at radius 2 is 2.04 bits per heavy atom. The Morgan fingerprint density at radius 3 is 2.71 bits per heavy atom. The van der Waals surface area contributed by atoms with E-state index in [0.717, 1.165) is 62.7 Å². The van der Waals surface area contributed by atoms with Crippen LogP contribution in [-0.4, -0.2) is 59.4 Å². The fourth-order valence-corrected chi connectivity index (χ4v) is 4.64. The van der Waals surface area contributed by atoms with E-state index in [1.165, 1.54) is 4.88 Å². The lowest BCUT2D eigenvalue weighted by molar-refractivity contribution is -0.145. The van der Waals surface area contributed by atoms with Gasteiger partial charge in [0.25, 0.3) is 0 Å². The number of piperazine rings is 1. The Labute approximate surface area is 146 Å². The quantitative estimate of drug-likeness (QED) is 0.774. The van der Waals surface area contributed by atoms with Gasteiger partial charge < -0.3 is 9.64 Å². The summed E-state index contributed by atoms with van der Waals surface area (Å²) in [6, 6.07) is 0. The molecule has 0 radical (unpaired) electrons. The Hall–Kier alpha value is -1.47. The molecule has 1 atom stereocenters. The molecule has 132 valence electrons. The first-order chi connectivity index (χ1) is 11.6. The van der Waals surface area contributed by atoms with Crippen LogP contribution in [0.1, 0.15) is 48.2 Å². The van der Waals surface area contributed by atoms with Crippen LogP contribution in [0.5, 0.6) is 0 Å². The maximum Gasteiger partial charge on any atom is 0.315 e. The van der Waals surface area contributed by atoms with Crippen molar-refractivity contribution < 1.29 is 14.3 Å². The minimum Gasteiger partial charge on any atom is -0.465 e. The second kappa shape index (κ2) is 7.61. The molecule has 0 spiro atoms. The van der Waals surface area contributed by atoms with E-state index in [-0.39, 0.29) is 17.8 Å². The molecule has 7 heteroatoms. The zero-order chi connectivity index (χ0) is 17.1. The summed E-state index contributed by atoms with van der Waals surface area (Å²) in [4.78, 5) is 33.8. The second-order valence-corrected chi connectivity index (χ2v) is 7.56. The van der Waals surface area contributed by atoms with Crippen molar-refractivity contribution in [2.45, 2.75) is 45.6 Å². The SMILES string of the molecule is CCOC(=O)C1CCCc2sc(CN3CCN(C(C)=O)CC3)nc21. The summed E-state index contributed by atoms with van der Waals surface area (Å²) < 4.78 is 5.21. The van der Waals surface area contributed by atoms with E-state index in [2.05, 4.69) is 4.90 Å². The number of fused-ring (bicyclic) bond motifs is 1. The highest BCUT2D eigenvalue weighted by molar-refractivity contribution is 7.11. The highest BCUT2D eigenvalue weighted by Crippen LogP contribution is 2.36. The third-order valence-corrected chi connectivity index (χ3v) is 5.86. The molecule has 2 heterocycles. The zero-order valence-corrected chi connectivity index (χ0v) is 15.2. The van der Waals surface area contributed by atoms with Crippen LogP contribution in [-0.2, 0) is 27.3 Å². The van der Waals surface area contributed by atoms with Crippen LogP contribution in [0.4, 0.5) is 0 Å². The molecule has 0 N–H and O–H groups in total. The van der Waals surface area contributed by atoms with E-state index >= 15 is 0 Å². The first kappa shape index (κ1) is 17.4. The number of hydrogen-bond donors (Lipinski definition) is 0. The highest BCUT2D eigenvalue weighted by Gasteiger charge is 2.31. The van der Waals surface area contributed by atoms with Gasteiger partial charge in [0.2, 0.25) is 5.91 Å². The maximum atomic E-state index is 12.2. The third kappa shape index (κ3) is 3.78. The standard InChI is InChI=1S/C17H25N3O3S/c1-3-23-17(22)13-5-4-6-14-16(13)18-15(24-14)11-19-7-9-20(10-8-19)12(2)21/h13H,3-11H2,1-2H3. The molecule has 1 aliphatic carbocycles. The number of aryl methyl sites for hydroxylation is 1. The van der Waals surface area contributed by atoms with Gasteiger partial charge in [-0.15, -0.1) is 11.3 Å². The van der Waals surface area contributed by atoms with Crippen molar-refractivity contribution in [3.05, 3.63) is 15.6 Å². The van der Waals surface area contributed by atoms with Gasteiger partial charge in [-0.1, -0.05) is 0 Å². The molecule has 0 saturated carbocycles. The van der Waals surface area contributed by atoms with Gasteiger partial charge in [0.15, 0.2) is 0 Å². The number of thiazole rings is 1. The number of rotatable bonds is 4. The van der Waals surface area contributed by atoms with Crippen molar-refractivity contribution >= 4 is 23.2 Å². The molecular weight excluding hydrogens is 326 g/mol. The lowest BCUT2D eigenvalue weighted by Crippen LogP contribution is -2.47. The van der Waals surface area contributed by atoms with Crippen molar-refractivity contribution in [3.63, 3.8) is 0 Å². The summed E-state index contributed by atoms with van der Waals surface area (Å²) in [5, 5.41) is 1.08.